The summed E-state index contributed by atoms with van der Waals surface area (Å²) in [5.41, 5.74) is 2.05. The average molecular weight is 420 g/mol. The summed E-state index contributed by atoms with van der Waals surface area (Å²) in [7, 11) is 0. The van der Waals surface area contributed by atoms with Crippen LogP contribution >= 0.6 is 0 Å². The van der Waals surface area contributed by atoms with Crippen LogP contribution in [0.4, 0.5) is 0 Å². The van der Waals surface area contributed by atoms with E-state index in [0.29, 0.717) is 19.3 Å². The summed E-state index contributed by atoms with van der Waals surface area (Å²) in [5.74, 6) is 6.02. The third-order valence-corrected chi connectivity index (χ3v) is 6.75. The molecule has 5 unspecified atom stereocenters. The number of carbonyl (C=O) groups excluding carboxylic acids is 1. The molecule has 0 aromatic heterocycles. The van der Waals surface area contributed by atoms with Crippen LogP contribution in [0.15, 0.2) is 18.2 Å². The monoisotopic (exact) mass is 420 g/mol. The van der Waals surface area contributed by atoms with Gasteiger partial charge in [-0.2, -0.15) is 0 Å². The number of aryl methyl sites for hydroxylation is 1. The fraction of sp³-hybridized carbons (Fsp3) is 0.625. The molecule has 156 valence electrons. The minimum absolute atomic E-state index is 0. The Morgan fingerprint density at radius 2 is 2.03 bits per heavy atom. The molecule has 2 aliphatic carbocycles. The second kappa shape index (κ2) is 10.5. The van der Waals surface area contributed by atoms with Crippen LogP contribution in [0.5, 0.6) is 5.75 Å². The van der Waals surface area contributed by atoms with E-state index >= 15 is 0 Å². The van der Waals surface area contributed by atoms with Gasteiger partial charge in [0.05, 0.1) is 12.0 Å². The zero-order chi connectivity index (χ0) is 20.4. The number of fused-ring (bicyclic) bond motifs is 3. The van der Waals surface area contributed by atoms with E-state index in [0.717, 1.165) is 42.6 Å². The van der Waals surface area contributed by atoms with Crippen LogP contribution in [-0.2, 0) is 11.2 Å². The van der Waals surface area contributed by atoms with Crippen molar-refractivity contribution in [2.45, 2.75) is 82.0 Å². The summed E-state index contributed by atoms with van der Waals surface area (Å²) >= 11 is 0. The zero-order valence-electron chi connectivity index (χ0n) is 17.7. The van der Waals surface area contributed by atoms with E-state index in [9.17, 15) is 20.1 Å². The molecular formula is C24H29NaO5. The maximum absolute atomic E-state index is 10.7. The number of benzene rings is 1. The molecule has 30 heavy (non-hydrogen) atoms. The van der Waals surface area contributed by atoms with Crippen molar-refractivity contribution in [3.8, 4) is 17.6 Å². The van der Waals surface area contributed by atoms with Crippen molar-refractivity contribution >= 4 is 5.97 Å². The first kappa shape index (κ1) is 23.6. The van der Waals surface area contributed by atoms with Crippen LogP contribution in [0.1, 0.15) is 68.4 Å². The Hall–Kier alpha value is -1.03. The summed E-state index contributed by atoms with van der Waals surface area (Å²) in [4.78, 5) is 10.7. The first-order valence-corrected chi connectivity index (χ1v) is 10.9. The number of rotatable bonds is 5. The number of ether oxygens (including phenoxy) is 1. The third-order valence-electron chi connectivity index (χ3n) is 6.75. The maximum atomic E-state index is 10.7. The number of carboxylic acids is 1. The van der Waals surface area contributed by atoms with E-state index in [4.69, 9.17) is 4.74 Å². The maximum Gasteiger partial charge on any atom is 1.00 e. The molecule has 1 aromatic rings. The second-order valence-electron chi connectivity index (χ2n) is 8.70. The van der Waals surface area contributed by atoms with Gasteiger partial charge in [0.25, 0.3) is 0 Å². The largest absolute Gasteiger partial charge is 1.00 e. The molecule has 1 heterocycles. The van der Waals surface area contributed by atoms with Crippen LogP contribution in [0.2, 0.25) is 0 Å². The van der Waals surface area contributed by atoms with E-state index in [1.165, 1.54) is 6.42 Å². The molecule has 2 fully saturated rings. The van der Waals surface area contributed by atoms with E-state index in [2.05, 4.69) is 11.8 Å². The van der Waals surface area contributed by atoms with Crippen molar-refractivity contribution in [1.82, 2.24) is 0 Å². The Morgan fingerprint density at radius 3 is 2.77 bits per heavy atom. The molecule has 1 aromatic carbocycles. The summed E-state index contributed by atoms with van der Waals surface area (Å²) in [5, 5.41) is 31.8. The molecule has 0 bridgehead atoms. The predicted molar refractivity (Wildman–Crippen MR) is 106 cm³/mol. The molecule has 0 radical (unpaired) electrons. The van der Waals surface area contributed by atoms with Crippen LogP contribution < -0.4 is 39.4 Å². The molecule has 6 heteroatoms. The third kappa shape index (κ3) is 5.06. The molecular weight excluding hydrogens is 391 g/mol. The molecule has 4 rings (SSSR count). The van der Waals surface area contributed by atoms with Gasteiger partial charge in [0, 0.05) is 23.9 Å². The molecule has 1 aliphatic heterocycles. The van der Waals surface area contributed by atoms with E-state index < -0.39 is 18.2 Å². The minimum Gasteiger partial charge on any atom is -0.550 e. The summed E-state index contributed by atoms with van der Waals surface area (Å²) < 4.78 is 6.19. The number of para-hydroxylation sites is 1. The van der Waals surface area contributed by atoms with Crippen LogP contribution in [-0.4, -0.2) is 34.5 Å². The number of hydrogen-bond acceptors (Lipinski definition) is 5. The van der Waals surface area contributed by atoms with Crippen LogP contribution in [0.3, 0.4) is 0 Å². The number of aliphatic hydroxyl groups excluding tert-OH is 2. The summed E-state index contributed by atoms with van der Waals surface area (Å²) in [6.45, 7) is 0. The fourth-order valence-corrected chi connectivity index (χ4v) is 5.23. The first-order valence-electron chi connectivity index (χ1n) is 10.9. The Labute approximate surface area is 200 Å². The molecule has 0 saturated heterocycles. The number of hydrogen-bond donors (Lipinski definition) is 2. The van der Waals surface area contributed by atoms with Crippen molar-refractivity contribution < 1.29 is 54.4 Å². The smallest absolute Gasteiger partial charge is 0.550 e. The Kier molecular flexibility index (Phi) is 8.29. The molecule has 3 aliphatic rings. The van der Waals surface area contributed by atoms with Gasteiger partial charge in [0.1, 0.15) is 18.0 Å². The topological polar surface area (TPSA) is 89.8 Å². The number of aliphatic carboxylic acids is 1. The van der Waals surface area contributed by atoms with Crippen molar-refractivity contribution in [2.24, 2.45) is 11.8 Å². The van der Waals surface area contributed by atoms with Crippen LogP contribution in [0.25, 0.3) is 0 Å². The number of carbonyl (C=O) groups is 1. The molecule has 2 N–H and O–H groups in total. The normalized spacial score (nSPS) is 28.3. The van der Waals surface area contributed by atoms with Gasteiger partial charge >= 0.3 is 29.6 Å². The molecule has 5 atom stereocenters. The Balaban J connectivity index is 0.00000256. The standard InChI is InChI=1S/C24H30O5.Na/c25-19(15-6-2-1-3-7-15)13-12-17-20(26)14-21-23(17)18-10-4-8-16(24(18)29-21)9-5-11-22(27)28;/h4,8,10,15,17,19-21,23,25-26H,1-3,5-7,9,11,14H2,(H,27,28);/q;+1/p-1. The van der Waals surface area contributed by atoms with Gasteiger partial charge in [0.15, 0.2) is 0 Å². The quantitative estimate of drug-likeness (QED) is 0.468. The minimum atomic E-state index is -1.04. The predicted octanol–water partition coefficient (Wildman–Crippen LogP) is -1.07. The van der Waals surface area contributed by atoms with Gasteiger partial charge in [-0.25, -0.2) is 0 Å². The van der Waals surface area contributed by atoms with Crippen molar-refractivity contribution in [3.05, 3.63) is 29.3 Å². The number of carboxylic acid groups (broad SMARTS) is 1. The van der Waals surface area contributed by atoms with Crippen molar-refractivity contribution in [1.29, 1.82) is 0 Å². The molecule has 5 nitrogen and oxygen atoms in total. The molecule has 0 spiro atoms. The SMILES string of the molecule is O=C([O-])CCCc1cccc2c1OC1CC(O)C(C#CC(O)C3CCCCC3)C21.[Na+]. The van der Waals surface area contributed by atoms with Gasteiger partial charge < -0.3 is 24.9 Å². The van der Waals surface area contributed by atoms with E-state index in [1.807, 2.05) is 18.2 Å². The molecule has 2 saturated carbocycles. The van der Waals surface area contributed by atoms with E-state index in [1.54, 1.807) is 0 Å². The summed E-state index contributed by atoms with van der Waals surface area (Å²) in [6.07, 6.45) is 5.97. The van der Waals surface area contributed by atoms with Gasteiger partial charge in [-0.1, -0.05) is 49.3 Å². The average Bonchev–Trinajstić information content (AvgIpc) is 3.22. The van der Waals surface area contributed by atoms with Gasteiger partial charge in [-0.3, -0.25) is 0 Å². The number of aliphatic hydroxyl groups is 2. The Morgan fingerprint density at radius 1 is 1.27 bits per heavy atom. The van der Waals surface area contributed by atoms with E-state index in [-0.39, 0.29) is 59.8 Å². The van der Waals surface area contributed by atoms with Gasteiger partial charge in [-0.05, 0) is 43.6 Å². The molecule has 0 amide bonds. The van der Waals surface area contributed by atoms with Gasteiger partial charge in [0.2, 0.25) is 0 Å². The second-order valence-corrected chi connectivity index (χ2v) is 8.70. The fourth-order valence-electron chi connectivity index (χ4n) is 5.23. The van der Waals surface area contributed by atoms with Gasteiger partial charge in [-0.15, -0.1) is 0 Å². The van der Waals surface area contributed by atoms with Crippen molar-refractivity contribution in [2.75, 3.05) is 0 Å². The first-order chi connectivity index (χ1) is 14.0. The zero-order valence-corrected chi connectivity index (χ0v) is 19.7. The van der Waals surface area contributed by atoms with Crippen LogP contribution in [0, 0.1) is 23.7 Å². The summed E-state index contributed by atoms with van der Waals surface area (Å²) in [6, 6.07) is 5.95. The Bertz CT molecular complexity index is 808. The van der Waals surface area contributed by atoms with Crippen molar-refractivity contribution in [3.63, 3.8) is 0 Å².